The van der Waals surface area contributed by atoms with Gasteiger partial charge in [-0.3, -0.25) is 4.79 Å². The number of amides is 1. The summed E-state index contributed by atoms with van der Waals surface area (Å²) in [5.74, 6) is 1.51. The first-order valence-corrected chi connectivity index (χ1v) is 6.72. The molecule has 112 valence electrons. The fourth-order valence-corrected chi connectivity index (χ4v) is 1.84. The summed E-state index contributed by atoms with van der Waals surface area (Å²) in [7, 11) is 1.59. The Balaban J connectivity index is 2.37. The number of carbonyl (C=O) groups excluding carboxylic acids is 1. The summed E-state index contributed by atoms with van der Waals surface area (Å²) in [6, 6.07) is 6.79. The van der Waals surface area contributed by atoms with E-state index in [0.29, 0.717) is 11.7 Å². The van der Waals surface area contributed by atoms with Crippen molar-refractivity contribution in [1.82, 2.24) is 5.32 Å². The molecule has 1 amide bonds. The maximum absolute atomic E-state index is 11.7. The van der Waals surface area contributed by atoms with Gasteiger partial charge in [-0.15, -0.1) is 0 Å². The van der Waals surface area contributed by atoms with Crippen molar-refractivity contribution in [3.05, 3.63) is 24.3 Å². The molecule has 5 nitrogen and oxygen atoms in total. The number of nitrogens with one attached hydrogen (secondary N) is 1. The van der Waals surface area contributed by atoms with Crippen molar-refractivity contribution in [1.29, 1.82) is 0 Å². The molecule has 0 spiro atoms. The number of aliphatic hydroxyl groups is 1. The van der Waals surface area contributed by atoms with E-state index in [4.69, 9.17) is 9.47 Å². The number of methoxy groups -OCH3 is 1. The van der Waals surface area contributed by atoms with Gasteiger partial charge in [-0.25, -0.2) is 0 Å². The Morgan fingerprint density at radius 2 is 1.85 bits per heavy atom. The Bertz CT molecular complexity index is 403. The van der Waals surface area contributed by atoms with E-state index in [1.165, 1.54) is 0 Å². The van der Waals surface area contributed by atoms with Crippen molar-refractivity contribution in [2.45, 2.75) is 26.3 Å². The van der Waals surface area contributed by atoms with Crippen LogP contribution < -0.4 is 14.8 Å². The first-order chi connectivity index (χ1) is 9.55. The van der Waals surface area contributed by atoms with E-state index in [-0.39, 0.29) is 25.2 Å². The molecule has 1 atom stereocenters. The quantitative estimate of drug-likeness (QED) is 0.759. The molecule has 5 heteroatoms. The molecule has 2 N–H and O–H groups in total. The Morgan fingerprint density at radius 1 is 1.25 bits per heavy atom. The van der Waals surface area contributed by atoms with Crippen LogP contribution in [0, 0.1) is 5.92 Å². The summed E-state index contributed by atoms with van der Waals surface area (Å²) in [6.45, 7) is 3.96. The third-order valence-electron chi connectivity index (χ3n) is 2.77. The maximum atomic E-state index is 11.7. The second kappa shape index (κ2) is 8.43. The minimum absolute atomic E-state index is 0.0630. The standard InChI is InChI=1S/C15H23NO4/c1-11(2)8-12(9-17)16-15(18)10-20-14-6-4-13(19-3)5-7-14/h4-7,11-12,17H,8-10H2,1-3H3,(H,16,18). The van der Waals surface area contributed by atoms with Crippen LogP contribution in [-0.2, 0) is 4.79 Å². The number of hydrogen-bond acceptors (Lipinski definition) is 4. The van der Waals surface area contributed by atoms with Crippen molar-refractivity contribution in [3.8, 4) is 11.5 Å². The highest BCUT2D eigenvalue weighted by atomic mass is 16.5. The van der Waals surface area contributed by atoms with Crippen LogP contribution in [0.3, 0.4) is 0 Å². The van der Waals surface area contributed by atoms with Gasteiger partial charge in [0.15, 0.2) is 6.61 Å². The van der Waals surface area contributed by atoms with Crippen LogP contribution in [-0.4, -0.2) is 37.4 Å². The van der Waals surface area contributed by atoms with Crippen molar-refractivity contribution >= 4 is 5.91 Å². The largest absolute Gasteiger partial charge is 0.497 e. The van der Waals surface area contributed by atoms with Gasteiger partial charge in [0, 0.05) is 0 Å². The van der Waals surface area contributed by atoms with Gasteiger partial charge in [0.2, 0.25) is 0 Å². The first kappa shape index (κ1) is 16.3. The van der Waals surface area contributed by atoms with Gasteiger partial charge in [0.05, 0.1) is 19.8 Å². The van der Waals surface area contributed by atoms with Crippen molar-refractivity contribution in [2.24, 2.45) is 5.92 Å². The molecular formula is C15H23NO4. The van der Waals surface area contributed by atoms with Gasteiger partial charge in [0.1, 0.15) is 11.5 Å². The van der Waals surface area contributed by atoms with Gasteiger partial charge in [-0.1, -0.05) is 13.8 Å². The Kier molecular flexibility index (Phi) is 6.87. The Hall–Kier alpha value is -1.75. The van der Waals surface area contributed by atoms with Gasteiger partial charge in [-0.05, 0) is 36.6 Å². The zero-order valence-corrected chi connectivity index (χ0v) is 12.3. The smallest absolute Gasteiger partial charge is 0.258 e. The molecular weight excluding hydrogens is 258 g/mol. The third-order valence-corrected chi connectivity index (χ3v) is 2.77. The summed E-state index contributed by atoms with van der Waals surface area (Å²) in [6.07, 6.45) is 0.741. The van der Waals surface area contributed by atoms with E-state index in [9.17, 15) is 9.90 Å². The fourth-order valence-electron chi connectivity index (χ4n) is 1.84. The summed E-state index contributed by atoms with van der Waals surface area (Å²) in [5, 5.41) is 11.9. The SMILES string of the molecule is COc1ccc(OCC(=O)NC(CO)CC(C)C)cc1. The van der Waals surface area contributed by atoms with E-state index in [0.717, 1.165) is 12.2 Å². The zero-order valence-electron chi connectivity index (χ0n) is 12.3. The number of rotatable bonds is 8. The highest BCUT2D eigenvalue weighted by molar-refractivity contribution is 5.77. The summed E-state index contributed by atoms with van der Waals surface area (Å²) < 4.78 is 10.4. The highest BCUT2D eigenvalue weighted by Crippen LogP contribution is 2.16. The molecule has 0 saturated carbocycles. The molecule has 1 aromatic carbocycles. The van der Waals surface area contributed by atoms with E-state index in [1.54, 1.807) is 31.4 Å². The molecule has 0 aliphatic rings. The topological polar surface area (TPSA) is 67.8 Å². The summed E-state index contributed by atoms with van der Waals surface area (Å²) >= 11 is 0. The van der Waals surface area contributed by atoms with Crippen LogP contribution in [0.2, 0.25) is 0 Å². The number of carbonyl (C=O) groups is 1. The van der Waals surface area contributed by atoms with Crippen LogP contribution in [0.25, 0.3) is 0 Å². The number of ether oxygens (including phenoxy) is 2. The normalized spacial score (nSPS) is 12.1. The Morgan fingerprint density at radius 3 is 2.35 bits per heavy atom. The Labute approximate surface area is 119 Å². The highest BCUT2D eigenvalue weighted by Gasteiger charge is 2.13. The lowest BCUT2D eigenvalue weighted by molar-refractivity contribution is -0.124. The van der Waals surface area contributed by atoms with Gasteiger partial charge in [0.25, 0.3) is 5.91 Å². The van der Waals surface area contributed by atoms with Gasteiger partial charge >= 0.3 is 0 Å². The molecule has 0 aromatic heterocycles. The lowest BCUT2D eigenvalue weighted by Gasteiger charge is -2.18. The summed E-state index contributed by atoms with van der Waals surface area (Å²) in [5.41, 5.74) is 0. The van der Waals surface area contributed by atoms with Gasteiger partial charge < -0.3 is 19.9 Å². The average Bonchev–Trinajstić information content (AvgIpc) is 2.44. The van der Waals surface area contributed by atoms with Crippen LogP contribution in [0.4, 0.5) is 0 Å². The van der Waals surface area contributed by atoms with Crippen LogP contribution in [0.15, 0.2) is 24.3 Å². The molecule has 0 radical (unpaired) electrons. The number of aliphatic hydroxyl groups excluding tert-OH is 1. The van der Waals surface area contributed by atoms with Crippen LogP contribution in [0.1, 0.15) is 20.3 Å². The van der Waals surface area contributed by atoms with Crippen LogP contribution in [0.5, 0.6) is 11.5 Å². The predicted octanol–water partition coefficient (Wildman–Crippen LogP) is 1.60. The maximum Gasteiger partial charge on any atom is 0.258 e. The molecule has 1 unspecified atom stereocenters. The minimum atomic E-state index is -0.236. The van der Waals surface area contributed by atoms with E-state index < -0.39 is 0 Å². The van der Waals surface area contributed by atoms with Crippen molar-refractivity contribution < 1.29 is 19.4 Å². The van der Waals surface area contributed by atoms with E-state index in [1.807, 2.05) is 13.8 Å². The zero-order chi connectivity index (χ0) is 15.0. The molecule has 0 bridgehead atoms. The number of hydrogen-bond donors (Lipinski definition) is 2. The van der Waals surface area contributed by atoms with Crippen LogP contribution >= 0.6 is 0 Å². The third kappa shape index (κ3) is 5.93. The molecule has 0 aliphatic heterocycles. The molecule has 1 rings (SSSR count). The van der Waals surface area contributed by atoms with Crippen molar-refractivity contribution in [2.75, 3.05) is 20.3 Å². The minimum Gasteiger partial charge on any atom is -0.497 e. The lowest BCUT2D eigenvalue weighted by atomic mass is 10.0. The number of benzene rings is 1. The second-order valence-corrected chi connectivity index (χ2v) is 5.04. The molecule has 0 aliphatic carbocycles. The lowest BCUT2D eigenvalue weighted by Crippen LogP contribution is -2.40. The molecule has 20 heavy (non-hydrogen) atoms. The second-order valence-electron chi connectivity index (χ2n) is 5.04. The van der Waals surface area contributed by atoms with Crippen molar-refractivity contribution in [3.63, 3.8) is 0 Å². The molecule has 0 heterocycles. The van der Waals surface area contributed by atoms with E-state index in [2.05, 4.69) is 5.32 Å². The molecule has 0 fully saturated rings. The molecule has 0 saturated heterocycles. The fraction of sp³-hybridized carbons (Fsp3) is 0.533. The molecule has 1 aromatic rings. The van der Waals surface area contributed by atoms with E-state index >= 15 is 0 Å². The van der Waals surface area contributed by atoms with Gasteiger partial charge in [-0.2, -0.15) is 0 Å². The first-order valence-electron chi connectivity index (χ1n) is 6.72. The predicted molar refractivity (Wildman–Crippen MR) is 77.0 cm³/mol. The monoisotopic (exact) mass is 281 g/mol. The summed E-state index contributed by atoms with van der Waals surface area (Å²) in [4.78, 5) is 11.7. The average molecular weight is 281 g/mol.